The minimum absolute atomic E-state index is 0.0232. The number of nitrogens with one attached hydrogen (secondary N) is 2. The van der Waals surface area contributed by atoms with Gasteiger partial charge in [-0.1, -0.05) is 0 Å². The summed E-state index contributed by atoms with van der Waals surface area (Å²) in [6.45, 7) is 2.08. The predicted octanol–water partition coefficient (Wildman–Crippen LogP) is 0.273. The van der Waals surface area contributed by atoms with Gasteiger partial charge in [-0.15, -0.1) is 0 Å². The van der Waals surface area contributed by atoms with E-state index in [9.17, 15) is 4.79 Å². The summed E-state index contributed by atoms with van der Waals surface area (Å²) in [5, 5.41) is 6.18. The first kappa shape index (κ1) is 10.8. The summed E-state index contributed by atoms with van der Waals surface area (Å²) in [6.07, 6.45) is 2.66. The van der Waals surface area contributed by atoms with E-state index in [4.69, 9.17) is 9.15 Å². The first-order valence-electron chi connectivity index (χ1n) is 5.99. The minimum Gasteiger partial charge on any atom is -0.467 e. The van der Waals surface area contributed by atoms with E-state index in [1.54, 1.807) is 6.26 Å². The number of ether oxygens (including phenoxy) is 1. The lowest BCUT2D eigenvalue weighted by Crippen LogP contribution is -2.42. The molecule has 1 aromatic heterocycles. The highest BCUT2D eigenvalue weighted by atomic mass is 16.5. The van der Waals surface area contributed by atoms with Crippen LogP contribution in [0.2, 0.25) is 0 Å². The van der Waals surface area contributed by atoms with Crippen molar-refractivity contribution in [2.75, 3.05) is 13.1 Å². The molecule has 3 atom stereocenters. The maximum atomic E-state index is 12.0. The molecule has 3 heterocycles. The van der Waals surface area contributed by atoms with Crippen molar-refractivity contribution in [1.29, 1.82) is 0 Å². The molecule has 0 aromatic carbocycles. The highest BCUT2D eigenvalue weighted by Gasteiger charge is 2.41. The zero-order valence-corrected chi connectivity index (χ0v) is 9.52. The Morgan fingerprint density at radius 3 is 3.24 bits per heavy atom. The van der Waals surface area contributed by atoms with Gasteiger partial charge in [0.25, 0.3) is 0 Å². The zero-order chi connectivity index (χ0) is 11.7. The lowest BCUT2D eigenvalue weighted by atomic mass is 9.99. The fourth-order valence-electron chi connectivity index (χ4n) is 2.54. The lowest BCUT2D eigenvalue weighted by molar-refractivity contribution is -0.127. The molecule has 0 saturated carbocycles. The number of carbonyl (C=O) groups is 1. The van der Waals surface area contributed by atoms with Crippen molar-refractivity contribution in [2.45, 2.75) is 25.2 Å². The van der Waals surface area contributed by atoms with Crippen molar-refractivity contribution in [1.82, 2.24) is 10.6 Å². The van der Waals surface area contributed by atoms with Crippen LogP contribution < -0.4 is 10.6 Å². The Bertz CT molecular complexity index is 390. The van der Waals surface area contributed by atoms with E-state index < -0.39 is 0 Å². The van der Waals surface area contributed by atoms with Gasteiger partial charge in [0.05, 0.1) is 30.9 Å². The highest BCUT2D eigenvalue weighted by Crippen LogP contribution is 2.28. The number of amides is 1. The van der Waals surface area contributed by atoms with E-state index in [0.717, 1.165) is 25.3 Å². The largest absolute Gasteiger partial charge is 0.467 e. The Kier molecular flexibility index (Phi) is 2.86. The number of furan rings is 1. The number of hydrogen-bond donors (Lipinski definition) is 2. The summed E-state index contributed by atoms with van der Waals surface area (Å²) >= 11 is 0. The van der Waals surface area contributed by atoms with Gasteiger partial charge < -0.3 is 19.8 Å². The third-order valence-electron chi connectivity index (χ3n) is 3.40. The molecule has 2 aliphatic rings. The smallest absolute Gasteiger partial charge is 0.226 e. The predicted molar refractivity (Wildman–Crippen MR) is 60.2 cm³/mol. The molecule has 1 aromatic rings. The minimum atomic E-state index is -0.0232. The molecular formula is C12H16N2O3. The van der Waals surface area contributed by atoms with Crippen molar-refractivity contribution < 1.29 is 13.9 Å². The van der Waals surface area contributed by atoms with Gasteiger partial charge in [-0.2, -0.15) is 0 Å². The third-order valence-corrected chi connectivity index (χ3v) is 3.40. The monoisotopic (exact) mass is 236 g/mol. The van der Waals surface area contributed by atoms with Crippen LogP contribution in [-0.4, -0.2) is 31.2 Å². The van der Waals surface area contributed by atoms with Crippen LogP contribution in [-0.2, 0) is 16.1 Å². The third kappa shape index (κ3) is 2.21. The molecule has 5 nitrogen and oxygen atoms in total. The number of rotatable bonds is 3. The molecule has 2 N–H and O–H groups in total. The van der Waals surface area contributed by atoms with Crippen LogP contribution >= 0.6 is 0 Å². The molecule has 17 heavy (non-hydrogen) atoms. The average Bonchev–Trinajstić information content (AvgIpc) is 2.95. The van der Waals surface area contributed by atoms with Crippen molar-refractivity contribution in [3.05, 3.63) is 24.2 Å². The molecule has 2 aliphatic heterocycles. The van der Waals surface area contributed by atoms with Gasteiger partial charge in [-0.05, 0) is 18.6 Å². The van der Waals surface area contributed by atoms with E-state index in [0.29, 0.717) is 6.54 Å². The van der Waals surface area contributed by atoms with E-state index in [1.807, 2.05) is 12.1 Å². The molecule has 0 aliphatic carbocycles. The van der Waals surface area contributed by atoms with Crippen LogP contribution in [0.25, 0.3) is 0 Å². The van der Waals surface area contributed by atoms with E-state index in [1.165, 1.54) is 0 Å². The van der Waals surface area contributed by atoms with Crippen LogP contribution in [0, 0.1) is 5.92 Å². The fraction of sp³-hybridized carbons (Fsp3) is 0.583. The summed E-state index contributed by atoms with van der Waals surface area (Å²) in [5.41, 5.74) is 0. The maximum Gasteiger partial charge on any atom is 0.226 e. The first-order valence-corrected chi connectivity index (χ1v) is 5.99. The molecule has 2 bridgehead atoms. The Labute approximate surface area is 99.5 Å². The van der Waals surface area contributed by atoms with E-state index in [2.05, 4.69) is 10.6 Å². The molecule has 0 radical (unpaired) electrons. The molecule has 2 saturated heterocycles. The number of hydrogen-bond acceptors (Lipinski definition) is 4. The molecule has 2 fully saturated rings. The molecular weight excluding hydrogens is 220 g/mol. The van der Waals surface area contributed by atoms with Gasteiger partial charge in [-0.3, -0.25) is 4.79 Å². The number of fused-ring (bicyclic) bond motifs is 2. The molecule has 3 rings (SSSR count). The summed E-state index contributed by atoms with van der Waals surface area (Å²) in [4.78, 5) is 12.0. The fourth-order valence-corrected chi connectivity index (χ4v) is 2.54. The zero-order valence-electron chi connectivity index (χ0n) is 9.52. The van der Waals surface area contributed by atoms with Gasteiger partial charge in [0.1, 0.15) is 5.76 Å². The normalized spacial score (nSPS) is 31.4. The van der Waals surface area contributed by atoms with Crippen molar-refractivity contribution in [3.63, 3.8) is 0 Å². The first-order chi connectivity index (χ1) is 8.33. The van der Waals surface area contributed by atoms with Crippen molar-refractivity contribution in [3.8, 4) is 0 Å². The van der Waals surface area contributed by atoms with Crippen molar-refractivity contribution >= 4 is 5.91 Å². The molecule has 1 amide bonds. The van der Waals surface area contributed by atoms with Gasteiger partial charge >= 0.3 is 0 Å². The summed E-state index contributed by atoms with van der Waals surface area (Å²) in [7, 11) is 0. The Balaban J connectivity index is 1.56. The molecule has 3 unspecified atom stereocenters. The van der Waals surface area contributed by atoms with E-state index in [-0.39, 0.29) is 24.0 Å². The van der Waals surface area contributed by atoms with Crippen LogP contribution in [0.15, 0.2) is 22.8 Å². The molecule has 0 spiro atoms. The van der Waals surface area contributed by atoms with Gasteiger partial charge in [0.15, 0.2) is 0 Å². The van der Waals surface area contributed by atoms with Crippen molar-refractivity contribution in [2.24, 2.45) is 5.92 Å². The number of carbonyl (C=O) groups excluding carboxylic acids is 1. The van der Waals surface area contributed by atoms with Gasteiger partial charge in [-0.25, -0.2) is 0 Å². The standard InChI is InChI=1S/C12H16N2O3/c15-12(14-6-8-2-1-3-16-8)10-4-9-5-13-7-11(10)17-9/h1-3,9-11,13H,4-7H2,(H,14,15). The van der Waals surface area contributed by atoms with E-state index >= 15 is 0 Å². The summed E-state index contributed by atoms with van der Waals surface area (Å²) in [6, 6.07) is 3.67. The van der Waals surface area contributed by atoms with Crippen LogP contribution in [0.3, 0.4) is 0 Å². The summed E-state index contributed by atoms with van der Waals surface area (Å²) in [5.74, 6) is 0.820. The SMILES string of the molecule is O=C(NCc1ccco1)C1CC2CNCC1O2. The van der Waals surface area contributed by atoms with Crippen LogP contribution in [0.5, 0.6) is 0 Å². The average molecular weight is 236 g/mol. The van der Waals surface area contributed by atoms with Crippen LogP contribution in [0.1, 0.15) is 12.2 Å². The Hall–Kier alpha value is -1.33. The summed E-state index contributed by atoms with van der Waals surface area (Å²) < 4.78 is 10.9. The molecule has 92 valence electrons. The van der Waals surface area contributed by atoms with Crippen LogP contribution in [0.4, 0.5) is 0 Å². The maximum absolute atomic E-state index is 12.0. The van der Waals surface area contributed by atoms with Gasteiger partial charge in [0, 0.05) is 13.1 Å². The second-order valence-electron chi connectivity index (χ2n) is 4.59. The lowest BCUT2D eigenvalue weighted by Gasteiger charge is -2.22. The molecule has 5 heteroatoms. The van der Waals surface area contributed by atoms with Gasteiger partial charge in [0.2, 0.25) is 5.91 Å². The second-order valence-corrected chi connectivity index (χ2v) is 4.59. The Morgan fingerprint density at radius 2 is 2.47 bits per heavy atom. The second kappa shape index (κ2) is 4.50. The highest BCUT2D eigenvalue weighted by molar-refractivity contribution is 5.79. The Morgan fingerprint density at radius 1 is 1.53 bits per heavy atom. The topological polar surface area (TPSA) is 63.5 Å². The number of morpholine rings is 1. The quantitative estimate of drug-likeness (QED) is 0.791.